The van der Waals surface area contributed by atoms with Crippen LogP contribution in [0.1, 0.15) is 0 Å². The van der Waals surface area contributed by atoms with Crippen molar-refractivity contribution in [2.24, 2.45) is 0 Å². The quantitative estimate of drug-likeness (QED) is 0.318. The smallest absolute Gasteiger partial charge is 0.0875 e. The number of para-hydroxylation sites is 2. The highest BCUT2D eigenvalue weighted by Gasteiger charge is 2.25. The summed E-state index contributed by atoms with van der Waals surface area (Å²) in [5, 5.41) is 2.93. The van der Waals surface area contributed by atoms with E-state index in [4.69, 9.17) is 0 Å². The van der Waals surface area contributed by atoms with Gasteiger partial charge in [-0.15, -0.1) is 0 Å². The van der Waals surface area contributed by atoms with Crippen molar-refractivity contribution >= 4 is 37.0 Å². The van der Waals surface area contributed by atoms with E-state index in [0.717, 1.165) is 0 Å². The Morgan fingerprint density at radius 1 is 0.375 bits per heavy atom. The van der Waals surface area contributed by atoms with Crippen LogP contribution in [-0.2, 0) is 0 Å². The molecule has 0 unspecified atom stereocenters. The van der Waals surface area contributed by atoms with Gasteiger partial charge in [0.2, 0.25) is 0 Å². The first-order valence-electron chi connectivity index (χ1n) is 11.1. The van der Waals surface area contributed by atoms with Crippen molar-refractivity contribution in [1.29, 1.82) is 0 Å². The van der Waals surface area contributed by atoms with Crippen LogP contribution in [0, 0.1) is 0 Å². The first-order chi connectivity index (χ1) is 15.9. The fraction of sp³-hybridized carbons (Fsp3) is 0. The minimum absolute atomic E-state index is 0.465. The maximum Gasteiger partial charge on any atom is 0.0875 e. The van der Waals surface area contributed by atoms with Gasteiger partial charge in [0, 0.05) is 16.8 Å². The fourth-order valence-corrected chi connectivity index (χ4v) is 6.20. The Kier molecular flexibility index (Phi) is 4.71. The third-order valence-corrected chi connectivity index (χ3v) is 8.00. The van der Waals surface area contributed by atoms with Crippen molar-refractivity contribution in [3.8, 4) is 22.3 Å². The predicted molar refractivity (Wildman–Crippen MR) is 140 cm³/mol. The first-order valence-corrected chi connectivity index (χ1v) is 12.5. The molecule has 0 saturated carbocycles. The Morgan fingerprint density at radius 3 is 1.38 bits per heavy atom. The lowest BCUT2D eigenvalue weighted by Gasteiger charge is -2.27. The number of hydrogen-bond acceptors (Lipinski definition) is 1. The number of fused-ring (bicyclic) bond motifs is 5. The summed E-state index contributed by atoms with van der Waals surface area (Å²) >= 11 is 0. The second kappa shape index (κ2) is 7.99. The highest BCUT2D eigenvalue weighted by Crippen LogP contribution is 2.50. The molecule has 0 aliphatic carbocycles. The lowest BCUT2D eigenvalue weighted by atomic mass is 9.95. The van der Waals surface area contributed by atoms with Crippen LogP contribution in [0.2, 0.25) is 0 Å². The largest absolute Gasteiger partial charge is 0.309 e. The average molecular weight is 426 g/mol. The molecule has 2 heteroatoms. The van der Waals surface area contributed by atoms with Gasteiger partial charge < -0.3 is 4.90 Å². The molecule has 1 nitrogen and oxygen atoms in total. The van der Waals surface area contributed by atoms with Gasteiger partial charge in [-0.1, -0.05) is 114 Å². The highest BCUT2D eigenvalue weighted by molar-refractivity contribution is 6.67. The molecule has 0 amide bonds. The average Bonchev–Trinajstić information content (AvgIpc) is 2.98. The zero-order valence-corrected chi connectivity index (χ0v) is 19.2. The number of nitrogens with zero attached hydrogens (tertiary/aromatic N) is 1. The summed E-state index contributed by atoms with van der Waals surface area (Å²) in [5.41, 5.74) is 8.74. The van der Waals surface area contributed by atoms with E-state index in [-0.39, 0.29) is 0 Å². The Balaban J connectivity index is 1.50. The Hall–Kier alpha value is -3.88. The predicted octanol–water partition coefficient (Wildman–Crippen LogP) is 5.92. The van der Waals surface area contributed by atoms with Crippen LogP contribution in [0.4, 0.5) is 17.1 Å². The van der Waals surface area contributed by atoms with E-state index < -0.39 is 9.52 Å². The Bertz CT molecular complexity index is 1320. The summed E-state index contributed by atoms with van der Waals surface area (Å²) < 4.78 is 0. The highest BCUT2D eigenvalue weighted by atomic mass is 28.2. The summed E-state index contributed by atoms with van der Waals surface area (Å²) in [6.45, 7) is 0. The van der Waals surface area contributed by atoms with E-state index in [9.17, 15) is 0 Å². The van der Waals surface area contributed by atoms with Crippen molar-refractivity contribution in [2.75, 3.05) is 4.90 Å². The third kappa shape index (κ3) is 3.26. The van der Waals surface area contributed by atoms with Crippen LogP contribution in [0.25, 0.3) is 22.3 Å². The zero-order chi connectivity index (χ0) is 21.3. The van der Waals surface area contributed by atoms with Gasteiger partial charge >= 0.3 is 0 Å². The fourth-order valence-electron chi connectivity index (χ4n) is 4.75. The van der Waals surface area contributed by atoms with E-state index in [1.807, 2.05) is 0 Å². The maximum atomic E-state index is 2.42. The molecule has 32 heavy (non-hydrogen) atoms. The van der Waals surface area contributed by atoms with Crippen molar-refractivity contribution in [3.05, 3.63) is 127 Å². The number of hydrogen-bond donors (Lipinski definition) is 0. The van der Waals surface area contributed by atoms with Crippen LogP contribution in [-0.4, -0.2) is 9.52 Å². The number of anilines is 3. The van der Waals surface area contributed by atoms with Crippen LogP contribution in [0.15, 0.2) is 127 Å². The summed E-state index contributed by atoms with van der Waals surface area (Å²) in [6.07, 6.45) is 0. The Morgan fingerprint density at radius 2 is 0.812 bits per heavy atom. The van der Waals surface area contributed by atoms with E-state index in [1.54, 1.807) is 0 Å². The minimum atomic E-state index is -0.465. The minimum Gasteiger partial charge on any atom is -0.309 e. The summed E-state index contributed by atoms with van der Waals surface area (Å²) in [7, 11) is -0.465. The molecule has 152 valence electrons. The monoisotopic (exact) mass is 425 g/mol. The molecule has 1 heterocycles. The zero-order valence-electron chi connectivity index (χ0n) is 17.8. The SMILES string of the molecule is c1ccc([SiH2]c2ccc(N3c4ccccc4-c4ccccc4-c4ccccc43)cc2)cc1. The molecule has 5 aromatic carbocycles. The summed E-state index contributed by atoms with van der Waals surface area (Å²) in [6, 6.07) is 46.3. The normalized spacial score (nSPS) is 12.2. The molecule has 0 saturated heterocycles. The molecule has 6 rings (SSSR count). The third-order valence-electron chi connectivity index (χ3n) is 6.24. The van der Waals surface area contributed by atoms with Crippen molar-refractivity contribution in [3.63, 3.8) is 0 Å². The summed E-state index contributed by atoms with van der Waals surface area (Å²) in [5.74, 6) is 0. The molecule has 1 aliphatic heterocycles. The Labute approximate surface area is 191 Å². The maximum absolute atomic E-state index is 2.42. The van der Waals surface area contributed by atoms with Gasteiger partial charge in [0.1, 0.15) is 0 Å². The molecule has 0 fully saturated rings. The van der Waals surface area contributed by atoms with Gasteiger partial charge in [0.05, 0.1) is 20.9 Å². The topological polar surface area (TPSA) is 3.24 Å². The molecule has 0 atom stereocenters. The second-order valence-electron chi connectivity index (χ2n) is 8.24. The lowest BCUT2D eigenvalue weighted by molar-refractivity contribution is 1.30. The summed E-state index contributed by atoms with van der Waals surface area (Å²) in [4.78, 5) is 2.42. The molecule has 0 N–H and O–H groups in total. The van der Waals surface area contributed by atoms with Crippen molar-refractivity contribution in [1.82, 2.24) is 0 Å². The molecule has 0 radical (unpaired) electrons. The van der Waals surface area contributed by atoms with Gasteiger partial charge in [-0.25, -0.2) is 0 Å². The van der Waals surface area contributed by atoms with Gasteiger partial charge in [0.15, 0.2) is 0 Å². The first kappa shape index (κ1) is 18.9. The molecule has 1 aliphatic rings. The van der Waals surface area contributed by atoms with Crippen molar-refractivity contribution < 1.29 is 0 Å². The molecule has 0 spiro atoms. The van der Waals surface area contributed by atoms with Gasteiger partial charge in [-0.2, -0.15) is 0 Å². The van der Waals surface area contributed by atoms with E-state index in [2.05, 4.69) is 132 Å². The molecule has 0 bridgehead atoms. The second-order valence-corrected chi connectivity index (χ2v) is 10.2. The molecule has 5 aromatic rings. The van der Waals surface area contributed by atoms with Gasteiger partial charge in [0.25, 0.3) is 0 Å². The van der Waals surface area contributed by atoms with Crippen molar-refractivity contribution in [2.45, 2.75) is 0 Å². The standard InChI is InChI=1S/C30H23NSi/c1-2-10-23(11-3-1)32-24-20-18-22(19-21-24)31-29-16-8-6-14-27(29)25-12-4-5-13-26(25)28-15-7-9-17-30(28)31/h1-21H,32H2. The van der Waals surface area contributed by atoms with Gasteiger partial charge in [-0.3, -0.25) is 0 Å². The molecular formula is C30H23NSi. The van der Waals surface area contributed by atoms with Crippen LogP contribution in [0.5, 0.6) is 0 Å². The molecular weight excluding hydrogens is 402 g/mol. The van der Waals surface area contributed by atoms with E-state index in [0.29, 0.717) is 0 Å². The number of benzene rings is 5. The van der Waals surface area contributed by atoms with Crippen LogP contribution >= 0.6 is 0 Å². The van der Waals surface area contributed by atoms with E-state index >= 15 is 0 Å². The number of rotatable bonds is 3. The van der Waals surface area contributed by atoms with Crippen LogP contribution < -0.4 is 15.3 Å². The van der Waals surface area contributed by atoms with E-state index in [1.165, 1.54) is 49.7 Å². The molecule has 0 aromatic heterocycles. The van der Waals surface area contributed by atoms with Crippen LogP contribution in [0.3, 0.4) is 0 Å². The lowest BCUT2D eigenvalue weighted by Crippen LogP contribution is -2.26. The van der Waals surface area contributed by atoms with Gasteiger partial charge in [-0.05, 0) is 35.4 Å².